The molecule has 0 aliphatic carbocycles. The second kappa shape index (κ2) is 4.48. The van der Waals surface area contributed by atoms with E-state index in [1.807, 2.05) is 6.92 Å². The van der Waals surface area contributed by atoms with Gasteiger partial charge < -0.3 is 9.84 Å². The molecule has 0 spiro atoms. The molecule has 0 fully saturated rings. The Hall–Kier alpha value is -0.680. The highest BCUT2D eigenvalue weighted by Gasteiger charge is 1.85. The van der Waals surface area contributed by atoms with E-state index in [4.69, 9.17) is 5.11 Å². The van der Waals surface area contributed by atoms with Crippen molar-refractivity contribution in [1.29, 1.82) is 0 Å². The van der Waals surface area contributed by atoms with E-state index in [-0.39, 0.29) is 0 Å². The Balaban J connectivity index is 3.15. The molecule has 0 aromatic carbocycles. The summed E-state index contributed by atoms with van der Waals surface area (Å²) in [6.07, 6.45) is 2.32. The lowest BCUT2D eigenvalue weighted by molar-refractivity contribution is -0.0232. The second-order valence-electron chi connectivity index (χ2n) is 1.35. The molecule has 1 N–H and O–H groups in total. The molecule has 0 aromatic rings. The molecule has 2 heteroatoms. The van der Waals surface area contributed by atoms with Gasteiger partial charge in [-0.1, -0.05) is 12.8 Å². The summed E-state index contributed by atoms with van der Waals surface area (Å²) in [6.45, 7) is 3.43. The summed E-state index contributed by atoms with van der Waals surface area (Å²) in [5.41, 5.74) is 0. The molecule has 1 unspecified atom stereocenters. The molecule has 1 atom stereocenters. The van der Waals surface area contributed by atoms with Gasteiger partial charge in [0.2, 0.25) is 6.29 Å². The van der Waals surface area contributed by atoms with E-state index in [0.717, 1.165) is 6.42 Å². The summed E-state index contributed by atoms with van der Waals surface area (Å²) >= 11 is 0. The molecule has 0 saturated carbocycles. The van der Waals surface area contributed by atoms with Gasteiger partial charge in [0.15, 0.2) is 0 Å². The monoisotopic (exact) mass is 114 g/mol. The summed E-state index contributed by atoms with van der Waals surface area (Å²) < 4.78 is 4.48. The maximum atomic E-state index is 8.45. The van der Waals surface area contributed by atoms with Crippen LogP contribution in [0.1, 0.15) is 20.3 Å². The van der Waals surface area contributed by atoms with Crippen molar-refractivity contribution < 1.29 is 9.84 Å². The third-order valence-corrected chi connectivity index (χ3v) is 0.478. The van der Waals surface area contributed by atoms with Crippen molar-refractivity contribution in [3.63, 3.8) is 0 Å². The van der Waals surface area contributed by atoms with Crippen molar-refractivity contribution in [3.8, 4) is 12.0 Å². The summed E-state index contributed by atoms with van der Waals surface area (Å²) in [4.78, 5) is 0. The van der Waals surface area contributed by atoms with Gasteiger partial charge in [-0.2, -0.15) is 0 Å². The van der Waals surface area contributed by atoms with Crippen molar-refractivity contribution in [3.05, 3.63) is 0 Å². The van der Waals surface area contributed by atoms with Crippen LogP contribution in [-0.2, 0) is 4.74 Å². The summed E-state index contributed by atoms with van der Waals surface area (Å²) in [5, 5.41) is 8.45. The topological polar surface area (TPSA) is 29.5 Å². The number of hydrogen-bond acceptors (Lipinski definition) is 2. The van der Waals surface area contributed by atoms with Crippen LogP contribution < -0.4 is 0 Å². The van der Waals surface area contributed by atoms with Gasteiger partial charge in [0.1, 0.15) is 6.11 Å². The third-order valence-electron chi connectivity index (χ3n) is 0.478. The fourth-order valence-electron chi connectivity index (χ4n) is 0.199. The quantitative estimate of drug-likeness (QED) is 0.402. The Morgan fingerprint density at radius 1 is 1.75 bits per heavy atom. The molecule has 0 radical (unpaired) electrons. The average Bonchev–Trinajstić information content (AvgIpc) is 1.66. The van der Waals surface area contributed by atoms with Gasteiger partial charge in [0.05, 0.1) is 0 Å². The highest BCUT2D eigenvalue weighted by molar-refractivity contribution is 4.89. The van der Waals surface area contributed by atoms with E-state index in [1.165, 1.54) is 6.92 Å². The molecule has 0 aliphatic heterocycles. The zero-order valence-electron chi connectivity index (χ0n) is 5.14. The molecular formula is C6H10O2. The lowest BCUT2D eigenvalue weighted by Gasteiger charge is -1.95. The first-order valence-corrected chi connectivity index (χ1v) is 2.59. The fraction of sp³-hybridized carbons (Fsp3) is 0.667. The minimum absolute atomic E-state index is 0.757. The van der Waals surface area contributed by atoms with Crippen LogP contribution in [0.2, 0.25) is 0 Å². The second-order valence-corrected chi connectivity index (χ2v) is 1.35. The standard InChI is InChI=1S/C6H10O2/c1-3-4-5-8-6(2)7/h6-7H,3H2,1-2H3. The maximum absolute atomic E-state index is 8.45. The van der Waals surface area contributed by atoms with E-state index in [2.05, 4.69) is 16.8 Å². The smallest absolute Gasteiger partial charge is 0.204 e. The van der Waals surface area contributed by atoms with Crippen molar-refractivity contribution in [1.82, 2.24) is 0 Å². The average molecular weight is 114 g/mol. The number of aliphatic hydroxyl groups excluding tert-OH is 1. The van der Waals surface area contributed by atoms with Crippen LogP contribution >= 0.6 is 0 Å². The van der Waals surface area contributed by atoms with Crippen molar-refractivity contribution in [2.75, 3.05) is 0 Å². The third kappa shape index (κ3) is 5.32. The van der Waals surface area contributed by atoms with Gasteiger partial charge in [-0.25, -0.2) is 0 Å². The van der Waals surface area contributed by atoms with Gasteiger partial charge in [-0.15, -0.1) is 0 Å². The van der Waals surface area contributed by atoms with Crippen LogP contribution in [-0.4, -0.2) is 11.4 Å². The summed E-state index contributed by atoms with van der Waals surface area (Å²) in [6, 6.07) is 0. The number of rotatable bonds is 1. The van der Waals surface area contributed by atoms with E-state index in [1.54, 1.807) is 0 Å². The molecule has 46 valence electrons. The first-order chi connectivity index (χ1) is 3.77. The van der Waals surface area contributed by atoms with Gasteiger partial charge >= 0.3 is 0 Å². The lowest BCUT2D eigenvalue weighted by Crippen LogP contribution is -1.99. The van der Waals surface area contributed by atoms with Crippen molar-refractivity contribution in [2.45, 2.75) is 26.6 Å². The van der Waals surface area contributed by atoms with Crippen LogP contribution in [0.25, 0.3) is 0 Å². The molecule has 0 heterocycles. The Labute approximate surface area is 49.5 Å². The maximum Gasteiger partial charge on any atom is 0.204 e. The first kappa shape index (κ1) is 7.32. The van der Waals surface area contributed by atoms with Crippen molar-refractivity contribution in [2.24, 2.45) is 0 Å². The number of ether oxygens (including phenoxy) is 1. The zero-order chi connectivity index (χ0) is 6.41. The fourth-order valence-corrected chi connectivity index (χ4v) is 0.199. The molecular weight excluding hydrogens is 104 g/mol. The predicted octanol–water partition coefficient (Wildman–Crippen LogP) is 0.712. The molecule has 2 nitrogen and oxygen atoms in total. The van der Waals surface area contributed by atoms with E-state index >= 15 is 0 Å². The first-order valence-electron chi connectivity index (χ1n) is 2.59. The van der Waals surface area contributed by atoms with E-state index < -0.39 is 6.29 Å². The Morgan fingerprint density at radius 3 is 2.75 bits per heavy atom. The summed E-state index contributed by atoms with van der Waals surface area (Å²) in [5.74, 6) is 2.65. The Bertz CT molecular complexity index is 96.8. The highest BCUT2D eigenvalue weighted by atomic mass is 16.6. The normalized spacial score (nSPS) is 11.4. The minimum Gasteiger partial charge on any atom is -0.415 e. The number of aliphatic hydroxyl groups is 1. The van der Waals surface area contributed by atoms with Gasteiger partial charge in [0, 0.05) is 6.42 Å². The molecule has 0 aliphatic rings. The lowest BCUT2D eigenvalue weighted by atomic mass is 10.5. The molecule has 0 bridgehead atoms. The van der Waals surface area contributed by atoms with Crippen molar-refractivity contribution >= 4 is 0 Å². The zero-order valence-corrected chi connectivity index (χ0v) is 5.14. The van der Waals surface area contributed by atoms with Crippen LogP contribution in [0.4, 0.5) is 0 Å². The molecule has 0 aromatic heterocycles. The molecule has 8 heavy (non-hydrogen) atoms. The Morgan fingerprint density at radius 2 is 2.38 bits per heavy atom. The highest BCUT2D eigenvalue weighted by Crippen LogP contribution is 1.79. The summed E-state index contributed by atoms with van der Waals surface area (Å²) in [7, 11) is 0. The SMILES string of the molecule is CCC#COC(C)O. The molecule has 0 amide bonds. The minimum atomic E-state index is -0.769. The van der Waals surface area contributed by atoms with Gasteiger partial charge in [-0.3, -0.25) is 0 Å². The van der Waals surface area contributed by atoms with Crippen LogP contribution in [0.5, 0.6) is 0 Å². The van der Waals surface area contributed by atoms with E-state index in [9.17, 15) is 0 Å². The molecule has 0 rings (SSSR count). The van der Waals surface area contributed by atoms with Crippen LogP contribution in [0, 0.1) is 12.0 Å². The van der Waals surface area contributed by atoms with E-state index in [0.29, 0.717) is 0 Å². The number of hydrogen-bond donors (Lipinski definition) is 1. The van der Waals surface area contributed by atoms with Gasteiger partial charge in [-0.05, 0) is 6.92 Å². The Kier molecular flexibility index (Phi) is 4.10. The molecule has 0 saturated heterocycles. The van der Waals surface area contributed by atoms with Gasteiger partial charge in [0.25, 0.3) is 0 Å². The largest absolute Gasteiger partial charge is 0.415 e. The predicted molar refractivity (Wildman–Crippen MR) is 30.8 cm³/mol. The van der Waals surface area contributed by atoms with Crippen LogP contribution in [0.3, 0.4) is 0 Å². The van der Waals surface area contributed by atoms with Crippen LogP contribution in [0.15, 0.2) is 0 Å².